The molecule has 1 N–H and O–H groups in total. The van der Waals surface area contributed by atoms with Gasteiger partial charge >= 0.3 is 0 Å². The summed E-state index contributed by atoms with van der Waals surface area (Å²) in [4.78, 5) is 14.8. The highest BCUT2D eigenvalue weighted by Gasteiger charge is 2.29. The fourth-order valence-electron chi connectivity index (χ4n) is 2.90. The van der Waals surface area contributed by atoms with Crippen molar-refractivity contribution in [2.75, 3.05) is 19.6 Å². The van der Waals surface area contributed by atoms with Gasteiger partial charge in [-0.25, -0.2) is 0 Å². The molecule has 1 saturated heterocycles. The normalized spacial score (nSPS) is 18.2. The smallest absolute Gasteiger partial charge is 0.254 e. The van der Waals surface area contributed by atoms with E-state index in [0.717, 1.165) is 36.0 Å². The molecule has 0 aromatic heterocycles. The summed E-state index contributed by atoms with van der Waals surface area (Å²) in [6, 6.07) is 14.0. The second-order valence-electron chi connectivity index (χ2n) is 6.06. The lowest BCUT2D eigenvalue weighted by molar-refractivity contribution is 0.0654. The van der Waals surface area contributed by atoms with Crippen molar-refractivity contribution in [2.24, 2.45) is 0 Å². The first-order chi connectivity index (χ1) is 9.57. The molecular weight excluding hydrogens is 248 g/mol. The topological polar surface area (TPSA) is 32.3 Å². The Labute approximate surface area is 119 Å². The molecule has 1 amide bonds. The largest absolute Gasteiger partial charge is 0.336 e. The molecule has 0 aliphatic carbocycles. The van der Waals surface area contributed by atoms with Gasteiger partial charge in [0, 0.05) is 30.7 Å². The number of fused-ring (bicyclic) bond motifs is 1. The quantitative estimate of drug-likeness (QED) is 0.862. The van der Waals surface area contributed by atoms with E-state index in [4.69, 9.17) is 0 Å². The van der Waals surface area contributed by atoms with Gasteiger partial charge < -0.3 is 10.2 Å². The Morgan fingerprint density at radius 1 is 1.15 bits per heavy atom. The van der Waals surface area contributed by atoms with Gasteiger partial charge in [-0.05, 0) is 30.7 Å². The standard InChI is InChI=1S/C17H20N2O/c1-17(2)12-19(11-10-18-17)16(20)15-9-5-7-13-6-3-4-8-14(13)15/h3-9,18H,10-12H2,1-2H3. The Hall–Kier alpha value is -1.87. The van der Waals surface area contributed by atoms with Gasteiger partial charge in [-0.15, -0.1) is 0 Å². The molecule has 3 heteroatoms. The first kappa shape index (κ1) is 13.1. The van der Waals surface area contributed by atoms with Crippen LogP contribution in [-0.2, 0) is 0 Å². The number of hydrogen-bond acceptors (Lipinski definition) is 2. The minimum atomic E-state index is -0.0154. The fraction of sp³-hybridized carbons (Fsp3) is 0.353. The summed E-state index contributed by atoms with van der Waals surface area (Å²) >= 11 is 0. The molecule has 1 aliphatic rings. The fourth-order valence-corrected chi connectivity index (χ4v) is 2.90. The van der Waals surface area contributed by atoms with Crippen molar-refractivity contribution < 1.29 is 4.79 Å². The molecule has 1 fully saturated rings. The highest BCUT2D eigenvalue weighted by atomic mass is 16.2. The number of carbonyl (C=O) groups excluding carboxylic acids is 1. The third-order valence-corrected chi connectivity index (χ3v) is 3.88. The second-order valence-corrected chi connectivity index (χ2v) is 6.06. The third-order valence-electron chi connectivity index (χ3n) is 3.88. The minimum absolute atomic E-state index is 0.0154. The lowest BCUT2D eigenvalue weighted by atomic mass is 9.99. The molecule has 2 aromatic rings. The third kappa shape index (κ3) is 2.41. The maximum Gasteiger partial charge on any atom is 0.254 e. The zero-order valence-electron chi connectivity index (χ0n) is 12.0. The van der Waals surface area contributed by atoms with E-state index in [0.29, 0.717) is 0 Å². The number of carbonyl (C=O) groups is 1. The number of hydrogen-bond donors (Lipinski definition) is 1. The van der Waals surface area contributed by atoms with E-state index in [1.54, 1.807) is 0 Å². The van der Waals surface area contributed by atoms with Gasteiger partial charge in [0.05, 0.1) is 0 Å². The van der Waals surface area contributed by atoms with Crippen LogP contribution >= 0.6 is 0 Å². The molecule has 2 aromatic carbocycles. The molecule has 0 spiro atoms. The van der Waals surface area contributed by atoms with E-state index in [-0.39, 0.29) is 11.4 Å². The van der Waals surface area contributed by atoms with Crippen LogP contribution in [0.5, 0.6) is 0 Å². The van der Waals surface area contributed by atoms with Gasteiger partial charge in [-0.2, -0.15) is 0 Å². The summed E-state index contributed by atoms with van der Waals surface area (Å²) in [5, 5.41) is 5.59. The SMILES string of the molecule is CC1(C)CN(C(=O)c2cccc3ccccc23)CCN1. The predicted molar refractivity (Wildman–Crippen MR) is 81.9 cm³/mol. The summed E-state index contributed by atoms with van der Waals surface area (Å²) < 4.78 is 0. The van der Waals surface area contributed by atoms with Gasteiger partial charge in [-0.3, -0.25) is 4.79 Å². The molecule has 0 saturated carbocycles. The van der Waals surface area contributed by atoms with Crippen LogP contribution in [-0.4, -0.2) is 36.0 Å². The zero-order chi connectivity index (χ0) is 14.2. The van der Waals surface area contributed by atoms with Gasteiger partial charge in [0.15, 0.2) is 0 Å². The highest BCUT2D eigenvalue weighted by molar-refractivity contribution is 6.07. The van der Waals surface area contributed by atoms with E-state index >= 15 is 0 Å². The summed E-state index contributed by atoms with van der Waals surface area (Å²) in [7, 11) is 0. The molecule has 1 aliphatic heterocycles. The second kappa shape index (κ2) is 4.91. The Bertz CT molecular complexity index is 643. The van der Waals surface area contributed by atoms with Crippen molar-refractivity contribution in [1.82, 2.24) is 10.2 Å². The molecular formula is C17H20N2O. The maximum absolute atomic E-state index is 12.8. The lowest BCUT2D eigenvalue weighted by Crippen LogP contribution is -2.58. The summed E-state index contributed by atoms with van der Waals surface area (Å²) in [5.74, 6) is 0.136. The number of rotatable bonds is 1. The van der Waals surface area contributed by atoms with Crippen molar-refractivity contribution in [3.63, 3.8) is 0 Å². The number of nitrogens with zero attached hydrogens (tertiary/aromatic N) is 1. The molecule has 104 valence electrons. The Balaban J connectivity index is 1.97. The van der Waals surface area contributed by atoms with Crippen LogP contribution < -0.4 is 5.32 Å². The molecule has 0 bridgehead atoms. The van der Waals surface area contributed by atoms with E-state index in [1.807, 2.05) is 47.4 Å². The van der Waals surface area contributed by atoms with Crippen molar-refractivity contribution in [1.29, 1.82) is 0 Å². The highest BCUT2D eigenvalue weighted by Crippen LogP contribution is 2.21. The van der Waals surface area contributed by atoms with Crippen LogP contribution in [0.3, 0.4) is 0 Å². The average molecular weight is 268 g/mol. The van der Waals surface area contributed by atoms with Crippen molar-refractivity contribution >= 4 is 16.7 Å². The number of nitrogens with one attached hydrogen (secondary N) is 1. The van der Waals surface area contributed by atoms with E-state index in [9.17, 15) is 4.79 Å². The molecule has 3 rings (SSSR count). The molecule has 0 atom stereocenters. The van der Waals surface area contributed by atoms with Gasteiger partial charge in [0.1, 0.15) is 0 Å². The van der Waals surface area contributed by atoms with E-state index in [1.165, 1.54) is 0 Å². The Kier molecular flexibility index (Phi) is 3.22. The van der Waals surface area contributed by atoms with Crippen LogP contribution in [0, 0.1) is 0 Å². The summed E-state index contributed by atoms with van der Waals surface area (Å²) in [5.41, 5.74) is 0.791. The van der Waals surface area contributed by atoms with E-state index in [2.05, 4.69) is 19.2 Å². The average Bonchev–Trinajstić information content (AvgIpc) is 2.45. The Morgan fingerprint density at radius 3 is 2.70 bits per heavy atom. The van der Waals surface area contributed by atoms with Gasteiger partial charge in [0.25, 0.3) is 5.91 Å². The first-order valence-electron chi connectivity index (χ1n) is 7.09. The number of amides is 1. The number of benzene rings is 2. The molecule has 20 heavy (non-hydrogen) atoms. The van der Waals surface area contributed by atoms with Crippen LogP contribution in [0.1, 0.15) is 24.2 Å². The zero-order valence-corrected chi connectivity index (χ0v) is 12.0. The summed E-state index contributed by atoms with van der Waals surface area (Å²) in [6.45, 7) is 6.63. The molecule has 3 nitrogen and oxygen atoms in total. The predicted octanol–water partition coefficient (Wildman–Crippen LogP) is 2.66. The van der Waals surface area contributed by atoms with Crippen LogP contribution in [0.25, 0.3) is 10.8 Å². The van der Waals surface area contributed by atoms with Crippen molar-refractivity contribution in [3.05, 3.63) is 48.0 Å². The molecule has 0 unspecified atom stereocenters. The van der Waals surface area contributed by atoms with Gasteiger partial charge in [0.2, 0.25) is 0 Å². The lowest BCUT2D eigenvalue weighted by Gasteiger charge is -2.39. The first-order valence-corrected chi connectivity index (χ1v) is 7.09. The maximum atomic E-state index is 12.8. The summed E-state index contributed by atoms with van der Waals surface area (Å²) in [6.07, 6.45) is 0. The van der Waals surface area contributed by atoms with Crippen molar-refractivity contribution in [3.8, 4) is 0 Å². The van der Waals surface area contributed by atoms with Crippen LogP contribution in [0.4, 0.5) is 0 Å². The molecule has 0 radical (unpaired) electrons. The van der Waals surface area contributed by atoms with Gasteiger partial charge in [-0.1, -0.05) is 36.4 Å². The molecule has 1 heterocycles. The number of piperazine rings is 1. The van der Waals surface area contributed by atoms with Crippen molar-refractivity contribution in [2.45, 2.75) is 19.4 Å². The monoisotopic (exact) mass is 268 g/mol. The minimum Gasteiger partial charge on any atom is -0.336 e. The van der Waals surface area contributed by atoms with Crippen LogP contribution in [0.15, 0.2) is 42.5 Å². The Morgan fingerprint density at radius 2 is 1.90 bits per heavy atom. The van der Waals surface area contributed by atoms with Crippen LogP contribution in [0.2, 0.25) is 0 Å². The van der Waals surface area contributed by atoms with E-state index < -0.39 is 0 Å².